The molecule has 1 aliphatic carbocycles. The van der Waals surface area contributed by atoms with Crippen LogP contribution in [0.2, 0.25) is 0 Å². The van der Waals surface area contributed by atoms with Gasteiger partial charge in [-0.3, -0.25) is 38.4 Å². The molecule has 3 heterocycles. The first-order chi connectivity index (χ1) is 55.0. The van der Waals surface area contributed by atoms with E-state index < -0.39 is 123 Å². The summed E-state index contributed by atoms with van der Waals surface area (Å²) in [6.07, 6.45) is 6.19. The molecule has 12 N–H and O–H groups in total. The Kier molecular flexibility index (Phi) is 53.1. The number of hydrogen-bond acceptors (Lipinski definition) is 28. The number of carbonyl (C=O) groups excluding carboxylic acids is 8. The number of nitrogens with one attached hydrogen (secondary N) is 2. The summed E-state index contributed by atoms with van der Waals surface area (Å²) >= 11 is 0. The van der Waals surface area contributed by atoms with Gasteiger partial charge >= 0.3 is 0 Å². The van der Waals surface area contributed by atoms with Gasteiger partial charge in [0.2, 0.25) is 11.8 Å². The third-order valence-corrected chi connectivity index (χ3v) is 22.5. The lowest BCUT2D eigenvalue weighted by Gasteiger charge is -2.40. The first-order valence-electron chi connectivity index (χ1n) is 43.4. The summed E-state index contributed by atoms with van der Waals surface area (Å²) in [6, 6.07) is 0. The lowest BCUT2D eigenvalue weighted by atomic mass is 9.83. The molecule has 4 aliphatic rings. The average Bonchev–Trinajstić information content (AvgIpc) is 1.85. The van der Waals surface area contributed by atoms with Crippen molar-refractivity contribution in [1.29, 1.82) is 0 Å². The molecule has 0 aromatic carbocycles. The van der Waals surface area contributed by atoms with E-state index in [-0.39, 0.29) is 181 Å². The van der Waals surface area contributed by atoms with Crippen LogP contribution >= 0.6 is 0 Å². The minimum absolute atomic E-state index is 0.00560. The molecule has 0 radical (unpaired) electrons. The molecular formula is C85H150N2O28. The minimum atomic E-state index is -1.23. The Morgan fingerprint density at radius 1 is 0.365 bits per heavy atom. The number of unbranched alkanes of at least 4 members (excludes halogenated alkanes) is 14. The van der Waals surface area contributed by atoms with E-state index in [1.165, 1.54) is 0 Å². The first kappa shape index (κ1) is 104. The van der Waals surface area contributed by atoms with Gasteiger partial charge in [0.1, 0.15) is 71.3 Å². The molecule has 30 nitrogen and oxygen atoms in total. The fraction of sp³-hybridized carbons (Fsp3) is 0.906. The zero-order valence-corrected chi connectivity index (χ0v) is 70.3. The van der Waals surface area contributed by atoms with Gasteiger partial charge in [0.25, 0.3) is 0 Å². The summed E-state index contributed by atoms with van der Waals surface area (Å²) in [5.74, 6) is -1.84. The summed E-state index contributed by atoms with van der Waals surface area (Å²) in [6.45, 7) is 11.4. The minimum Gasteiger partial charge on any atom is -0.394 e. The van der Waals surface area contributed by atoms with Crippen LogP contribution in [0.5, 0.6) is 0 Å². The van der Waals surface area contributed by atoms with Crippen molar-refractivity contribution in [2.45, 2.75) is 358 Å². The van der Waals surface area contributed by atoms with Gasteiger partial charge in [0.05, 0.1) is 96.1 Å². The number of ether oxygens (including phenoxy) is 10. The molecule has 30 heteroatoms. The van der Waals surface area contributed by atoms with E-state index >= 15 is 0 Å². The number of aliphatic hydroxyl groups excluding tert-OH is 10. The van der Waals surface area contributed by atoms with E-state index in [1.54, 1.807) is 20.8 Å². The second kappa shape index (κ2) is 59.0. The summed E-state index contributed by atoms with van der Waals surface area (Å²) in [7, 11) is 0. The van der Waals surface area contributed by atoms with Crippen LogP contribution in [0.1, 0.15) is 273 Å². The highest BCUT2D eigenvalue weighted by atomic mass is 16.7. The van der Waals surface area contributed by atoms with Crippen LogP contribution < -0.4 is 10.6 Å². The Morgan fingerprint density at radius 2 is 0.687 bits per heavy atom. The van der Waals surface area contributed by atoms with Gasteiger partial charge in [-0.25, -0.2) is 0 Å². The molecule has 1 saturated carbocycles. The van der Waals surface area contributed by atoms with Gasteiger partial charge in [-0.1, -0.05) is 72.1 Å². The van der Waals surface area contributed by atoms with Crippen molar-refractivity contribution in [2.75, 3.05) is 99.0 Å². The Balaban J connectivity index is 1.28. The van der Waals surface area contributed by atoms with Crippen molar-refractivity contribution in [3.8, 4) is 0 Å². The van der Waals surface area contributed by atoms with Gasteiger partial charge in [-0.15, -0.1) is 0 Å². The third kappa shape index (κ3) is 42.5. The van der Waals surface area contributed by atoms with Gasteiger partial charge < -0.3 is 109 Å². The summed E-state index contributed by atoms with van der Waals surface area (Å²) in [5, 5.41) is 106. The number of ketones is 6. The fourth-order valence-electron chi connectivity index (χ4n) is 15.0. The molecule has 115 heavy (non-hydrogen) atoms. The number of amides is 2. The van der Waals surface area contributed by atoms with E-state index in [0.717, 1.165) is 44.9 Å². The van der Waals surface area contributed by atoms with Crippen LogP contribution in [0.3, 0.4) is 0 Å². The number of Topliss-reactive ketones (excluding diaryl/α,β-unsaturated/α-hetero) is 6. The maximum atomic E-state index is 14.2. The average molecular weight is 1650 g/mol. The Bertz CT molecular complexity index is 2490. The Labute approximate surface area is 683 Å². The topological polar surface area (TPSA) is 455 Å². The molecule has 2 amide bonds. The molecule has 0 aromatic rings. The maximum absolute atomic E-state index is 14.2. The van der Waals surface area contributed by atoms with Crippen LogP contribution in [0, 0.1) is 35.0 Å². The number of carbonyl (C=O) groups is 8. The highest BCUT2D eigenvalue weighted by molar-refractivity contribution is 5.82. The number of rotatable bonds is 68. The zero-order valence-electron chi connectivity index (χ0n) is 70.3. The van der Waals surface area contributed by atoms with E-state index in [9.17, 15) is 89.4 Å². The second-order valence-corrected chi connectivity index (χ2v) is 33.8. The number of aliphatic hydroxyl groups is 10. The Hall–Kier alpha value is -3.84. The lowest BCUT2D eigenvalue weighted by molar-refractivity contribution is -0.282. The largest absolute Gasteiger partial charge is 0.394 e. The van der Waals surface area contributed by atoms with Crippen molar-refractivity contribution in [1.82, 2.24) is 10.6 Å². The van der Waals surface area contributed by atoms with Crippen LogP contribution in [-0.2, 0) is 85.7 Å². The lowest BCUT2D eigenvalue weighted by Crippen LogP contribution is -2.55. The molecular weight excluding hydrogens is 1500 g/mol. The van der Waals surface area contributed by atoms with Gasteiger partial charge in [-0.05, 0) is 123 Å². The summed E-state index contributed by atoms with van der Waals surface area (Å²) < 4.78 is 58.9. The van der Waals surface area contributed by atoms with Crippen LogP contribution in [-0.4, -0.2) is 282 Å². The fourth-order valence-corrected chi connectivity index (χ4v) is 15.0. The predicted octanol–water partition coefficient (Wildman–Crippen LogP) is 6.41. The molecule has 0 spiro atoms. The zero-order chi connectivity index (χ0) is 84.6. The smallest absolute Gasteiger partial charge is 0.222 e. The molecule has 3 saturated heterocycles. The van der Waals surface area contributed by atoms with Gasteiger partial charge in [0.15, 0.2) is 18.9 Å². The SMILES string of the molecule is CC1C(OCCCCC(=O)CCCCCC(=O)CCOCC(COCCC(=O)CCCCCC(=O)CCCCOC2OC(CO)C(O)C(O)C2C)(COCCC(=O)NCCCNC(=O)CCCCOC2OC(CO)C(O)C(O)C2C)CC(=O)CCCCCCCCCCC(=O)C2C[C@H](O)C[C@H]2COC(C)(C)C)OC(CO)C(O)C1O. The summed E-state index contributed by atoms with van der Waals surface area (Å²) in [5.41, 5.74) is -1.40. The van der Waals surface area contributed by atoms with Crippen molar-refractivity contribution in [2.24, 2.45) is 35.0 Å². The molecule has 0 aromatic heterocycles. The van der Waals surface area contributed by atoms with Crippen molar-refractivity contribution >= 4 is 46.5 Å². The third-order valence-electron chi connectivity index (χ3n) is 22.5. The molecule has 4 rings (SSSR count). The van der Waals surface area contributed by atoms with Crippen LogP contribution in [0.25, 0.3) is 0 Å². The van der Waals surface area contributed by atoms with Crippen molar-refractivity contribution in [3.05, 3.63) is 0 Å². The van der Waals surface area contributed by atoms with E-state index in [0.29, 0.717) is 148 Å². The van der Waals surface area contributed by atoms with Crippen molar-refractivity contribution in [3.63, 3.8) is 0 Å². The monoisotopic (exact) mass is 1650 g/mol. The predicted molar refractivity (Wildman–Crippen MR) is 424 cm³/mol. The van der Waals surface area contributed by atoms with E-state index in [1.807, 2.05) is 20.8 Å². The molecule has 0 bridgehead atoms. The van der Waals surface area contributed by atoms with Gasteiger partial charge in [0, 0.05) is 145 Å². The normalized spacial score (nSPS) is 27.0. The molecule has 3 aliphatic heterocycles. The van der Waals surface area contributed by atoms with Crippen LogP contribution in [0.15, 0.2) is 0 Å². The van der Waals surface area contributed by atoms with E-state index in [4.69, 9.17) is 47.4 Å². The second-order valence-electron chi connectivity index (χ2n) is 33.8. The quantitative estimate of drug-likeness (QED) is 0.0293. The van der Waals surface area contributed by atoms with Crippen molar-refractivity contribution < 1.29 is 137 Å². The molecule has 668 valence electrons. The molecule has 4 fully saturated rings. The highest BCUT2D eigenvalue weighted by Gasteiger charge is 2.46. The highest BCUT2D eigenvalue weighted by Crippen LogP contribution is 2.36. The Morgan fingerprint density at radius 3 is 1.07 bits per heavy atom. The summed E-state index contributed by atoms with van der Waals surface area (Å²) in [4.78, 5) is 105. The molecule has 18 atom stereocenters. The first-order valence-corrected chi connectivity index (χ1v) is 43.4. The van der Waals surface area contributed by atoms with Crippen LogP contribution in [0.4, 0.5) is 0 Å². The number of hydrogen-bond donors (Lipinski definition) is 12. The van der Waals surface area contributed by atoms with E-state index in [2.05, 4.69) is 10.6 Å². The maximum Gasteiger partial charge on any atom is 0.222 e. The molecule has 16 unspecified atom stereocenters. The standard InChI is InChI=1S/C85H150N2O28/c1-58-75(100)78(103)70(51-88)113-81(58)109-42-24-21-32-62(91)28-16-13-18-30-64(93)37-45-106-55-85(50-66(95)34-15-11-9-7-8-10-12-20-35-69(97)68-49-67(96)48-61(68)54-112-84(4,5)6,56-107-46-38-65(94)31-19-14-17-29-63(92)33-22-25-43-110-82-59(2)76(101)79(104)71(52-89)114-82)57-108-47-39-74(99)87-41-27-40-86-73(98)36-23-26-44-111-83-60(3)77(102)80(105)72(53-90)115-83/h58-61,67-68,70-72,75-83,88-90,96,100-105H,7-57H2,1-6H3,(H,86,98)(H,87,99)/t58?,59?,60?,61-,67+,68?,70?,71?,72?,75?,76?,77?,78?,79?,80?,81?,82?,83?,85?/m0/s1. The van der Waals surface area contributed by atoms with Gasteiger partial charge in [-0.2, -0.15) is 0 Å².